The number of rotatable bonds is 2. The minimum atomic E-state index is 0.235. The fourth-order valence-corrected chi connectivity index (χ4v) is 2.09. The van der Waals surface area contributed by atoms with Gasteiger partial charge >= 0.3 is 0 Å². The minimum absolute atomic E-state index is 0.235. The number of aliphatic hydroxyl groups excluding tert-OH is 1. The van der Waals surface area contributed by atoms with Crippen molar-refractivity contribution in [3.63, 3.8) is 0 Å². The van der Waals surface area contributed by atoms with Gasteiger partial charge in [0.1, 0.15) is 0 Å². The van der Waals surface area contributed by atoms with Crippen molar-refractivity contribution in [1.29, 1.82) is 0 Å². The summed E-state index contributed by atoms with van der Waals surface area (Å²) >= 11 is 0. The predicted molar refractivity (Wildman–Crippen MR) is 63.1 cm³/mol. The fraction of sp³-hybridized carbons (Fsp3) is 0.571. The molecule has 1 N–H and O–H groups in total. The molecule has 1 aromatic rings. The number of hydrogen-bond acceptors (Lipinski definition) is 1. The van der Waals surface area contributed by atoms with E-state index in [9.17, 15) is 0 Å². The highest BCUT2D eigenvalue weighted by Gasteiger charge is 2.37. The van der Waals surface area contributed by atoms with E-state index in [1.54, 1.807) is 0 Å². The van der Waals surface area contributed by atoms with Crippen LogP contribution in [0.5, 0.6) is 0 Å². The van der Waals surface area contributed by atoms with Gasteiger partial charge < -0.3 is 5.11 Å². The van der Waals surface area contributed by atoms with Gasteiger partial charge in [-0.25, -0.2) is 0 Å². The zero-order chi connectivity index (χ0) is 11.1. The average molecular weight is 204 g/mol. The number of aliphatic hydroxyl groups is 1. The molecule has 0 saturated heterocycles. The van der Waals surface area contributed by atoms with Crippen LogP contribution < -0.4 is 0 Å². The standard InChI is InChI=1S/C14H20O/c1-14(2,3)12-6-4-10(5-7-12)13-8-11(13)9-15/h4-7,11,13,15H,8-9H2,1-3H3/t11-,13?/m1/s1. The normalized spacial score (nSPS) is 25.3. The largest absolute Gasteiger partial charge is 0.396 e. The van der Waals surface area contributed by atoms with Crippen molar-refractivity contribution in [3.05, 3.63) is 35.4 Å². The van der Waals surface area contributed by atoms with E-state index < -0.39 is 0 Å². The summed E-state index contributed by atoms with van der Waals surface area (Å²) in [5.41, 5.74) is 3.01. The van der Waals surface area contributed by atoms with Gasteiger partial charge in [-0.2, -0.15) is 0 Å². The maximum absolute atomic E-state index is 9.02. The molecule has 1 heteroatoms. The van der Waals surface area contributed by atoms with E-state index in [0.29, 0.717) is 18.4 Å². The Hall–Kier alpha value is -0.820. The lowest BCUT2D eigenvalue weighted by Crippen LogP contribution is -2.10. The van der Waals surface area contributed by atoms with E-state index in [1.165, 1.54) is 11.1 Å². The van der Waals surface area contributed by atoms with Crippen LogP contribution in [0.15, 0.2) is 24.3 Å². The molecule has 1 nitrogen and oxygen atoms in total. The lowest BCUT2D eigenvalue weighted by molar-refractivity contribution is 0.274. The highest BCUT2D eigenvalue weighted by atomic mass is 16.3. The van der Waals surface area contributed by atoms with Gasteiger partial charge in [0.25, 0.3) is 0 Å². The van der Waals surface area contributed by atoms with Crippen molar-refractivity contribution < 1.29 is 5.11 Å². The molecule has 82 valence electrons. The molecule has 0 aliphatic heterocycles. The molecule has 15 heavy (non-hydrogen) atoms. The van der Waals surface area contributed by atoms with Crippen LogP contribution in [-0.4, -0.2) is 11.7 Å². The molecule has 0 bridgehead atoms. The van der Waals surface area contributed by atoms with E-state index in [2.05, 4.69) is 45.0 Å². The second-order valence-electron chi connectivity index (χ2n) is 5.66. The summed E-state index contributed by atoms with van der Waals surface area (Å²) < 4.78 is 0. The first-order valence-corrected chi connectivity index (χ1v) is 5.73. The fourth-order valence-electron chi connectivity index (χ4n) is 2.09. The number of benzene rings is 1. The Morgan fingerprint density at radius 1 is 1.20 bits per heavy atom. The topological polar surface area (TPSA) is 20.2 Å². The van der Waals surface area contributed by atoms with E-state index in [-0.39, 0.29) is 5.41 Å². The summed E-state index contributed by atoms with van der Waals surface area (Å²) in [5, 5.41) is 9.02. The maximum atomic E-state index is 9.02. The Kier molecular flexibility index (Phi) is 2.59. The summed E-state index contributed by atoms with van der Waals surface area (Å²) in [6, 6.07) is 8.89. The molecule has 2 atom stereocenters. The highest BCUT2D eigenvalue weighted by molar-refractivity contribution is 5.32. The molecule has 2 rings (SSSR count). The summed E-state index contributed by atoms with van der Waals surface area (Å²) in [7, 11) is 0. The molecular weight excluding hydrogens is 184 g/mol. The summed E-state index contributed by atoms with van der Waals surface area (Å²) in [6.07, 6.45) is 1.16. The van der Waals surface area contributed by atoms with Crippen LogP contribution in [0.2, 0.25) is 0 Å². The van der Waals surface area contributed by atoms with Crippen LogP contribution in [0, 0.1) is 5.92 Å². The molecule has 0 spiro atoms. The number of hydrogen-bond donors (Lipinski definition) is 1. The monoisotopic (exact) mass is 204 g/mol. The third-order valence-corrected chi connectivity index (χ3v) is 3.36. The lowest BCUT2D eigenvalue weighted by Gasteiger charge is -2.19. The predicted octanol–water partition coefficient (Wildman–Crippen LogP) is 3.08. The molecule has 1 aliphatic rings. The SMILES string of the molecule is CC(C)(C)c1ccc(C2C[C@@H]2CO)cc1. The second-order valence-corrected chi connectivity index (χ2v) is 5.66. The van der Waals surface area contributed by atoms with Crippen LogP contribution >= 0.6 is 0 Å². The Morgan fingerprint density at radius 2 is 1.80 bits per heavy atom. The van der Waals surface area contributed by atoms with Gasteiger partial charge in [0.15, 0.2) is 0 Å². The maximum Gasteiger partial charge on any atom is 0.0465 e. The molecule has 0 radical (unpaired) electrons. The summed E-state index contributed by atoms with van der Waals surface area (Å²) in [4.78, 5) is 0. The van der Waals surface area contributed by atoms with E-state index in [1.807, 2.05) is 0 Å². The van der Waals surface area contributed by atoms with Crippen LogP contribution in [0.25, 0.3) is 0 Å². The first kappa shape index (κ1) is 10.7. The van der Waals surface area contributed by atoms with Crippen molar-refractivity contribution in [2.24, 2.45) is 5.92 Å². The molecule has 0 amide bonds. The first-order chi connectivity index (χ1) is 7.02. The van der Waals surface area contributed by atoms with Gasteiger partial charge in [-0.15, -0.1) is 0 Å². The smallest absolute Gasteiger partial charge is 0.0465 e. The van der Waals surface area contributed by atoms with Gasteiger partial charge in [-0.05, 0) is 34.8 Å². The zero-order valence-corrected chi connectivity index (χ0v) is 9.83. The molecular formula is C14H20O. The Labute approximate surface area is 92.1 Å². The van der Waals surface area contributed by atoms with Crippen molar-refractivity contribution in [2.75, 3.05) is 6.61 Å². The quantitative estimate of drug-likeness (QED) is 0.785. The summed E-state index contributed by atoms with van der Waals surface area (Å²) in [6.45, 7) is 7.03. The van der Waals surface area contributed by atoms with E-state index in [4.69, 9.17) is 5.11 Å². The molecule has 1 saturated carbocycles. The van der Waals surface area contributed by atoms with Crippen LogP contribution in [0.1, 0.15) is 44.2 Å². The first-order valence-electron chi connectivity index (χ1n) is 5.73. The third kappa shape index (κ3) is 2.23. The molecule has 1 unspecified atom stereocenters. The molecule has 1 aliphatic carbocycles. The highest BCUT2D eigenvalue weighted by Crippen LogP contribution is 2.47. The Balaban J connectivity index is 2.12. The summed E-state index contributed by atoms with van der Waals surface area (Å²) in [5.74, 6) is 1.13. The van der Waals surface area contributed by atoms with Gasteiger partial charge in [0.2, 0.25) is 0 Å². The van der Waals surface area contributed by atoms with Gasteiger partial charge in [0, 0.05) is 6.61 Å². The van der Waals surface area contributed by atoms with Crippen LogP contribution in [-0.2, 0) is 5.41 Å². The van der Waals surface area contributed by atoms with Crippen molar-refractivity contribution in [1.82, 2.24) is 0 Å². The van der Waals surface area contributed by atoms with Crippen LogP contribution in [0.3, 0.4) is 0 Å². The molecule has 1 fully saturated rings. The average Bonchev–Trinajstić information content (AvgIpc) is 2.95. The minimum Gasteiger partial charge on any atom is -0.396 e. The zero-order valence-electron chi connectivity index (χ0n) is 9.83. The van der Waals surface area contributed by atoms with Crippen LogP contribution in [0.4, 0.5) is 0 Å². The van der Waals surface area contributed by atoms with Gasteiger partial charge in [0.05, 0.1) is 0 Å². The Bertz CT molecular complexity index is 331. The van der Waals surface area contributed by atoms with E-state index >= 15 is 0 Å². The van der Waals surface area contributed by atoms with Crippen molar-refractivity contribution >= 4 is 0 Å². The second kappa shape index (κ2) is 3.64. The lowest BCUT2D eigenvalue weighted by atomic mass is 9.86. The van der Waals surface area contributed by atoms with Gasteiger partial charge in [-0.1, -0.05) is 45.0 Å². The van der Waals surface area contributed by atoms with Crippen molar-refractivity contribution in [2.45, 2.75) is 38.5 Å². The Morgan fingerprint density at radius 3 is 2.20 bits per heavy atom. The van der Waals surface area contributed by atoms with Gasteiger partial charge in [-0.3, -0.25) is 0 Å². The molecule has 1 aromatic carbocycles. The van der Waals surface area contributed by atoms with Crippen molar-refractivity contribution in [3.8, 4) is 0 Å². The molecule has 0 aromatic heterocycles. The van der Waals surface area contributed by atoms with E-state index in [0.717, 1.165) is 6.42 Å². The third-order valence-electron chi connectivity index (χ3n) is 3.36. The molecule has 0 heterocycles.